The number of aliphatic carboxylic acids is 1. The molecule has 9 N–H and O–H groups in total. The van der Waals surface area contributed by atoms with Crippen molar-refractivity contribution in [1.82, 2.24) is 41.7 Å². The molecule has 0 bridgehead atoms. The van der Waals surface area contributed by atoms with Crippen LogP contribution in [0.1, 0.15) is 119 Å². The predicted octanol–water partition coefficient (Wildman–Crippen LogP) is 6.38. The smallest absolute Gasteiger partial charge is 0.481 e. The summed E-state index contributed by atoms with van der Waals surface area (Å²) in [5, 5.41) is 24.9. The number of carbonyl (C=O) groups excluding carboxylic acids is 7. The fourth-order valence-corrected chi connectivity index (χ4v) is 9.04. The average molecular weight is 1250 g/mol. The van der Waals surface area contributed by atoms with E-state index in [1.54, 1.807) is 55.4 Å². The van der Waals surface area contributed by atoms with E-state index in [1.807, 2.05) is 6.92 Å². The van der Waals surface area contributed by atoms with Gasteiger partial charge in [0.2, 0.25) is 29.5 Å². The fourth-order valence-electron chi connectivity index (χ4n) is 9.04. The number of carbonyl (C=O) groups is 8. The minimum atomic E-state index is -1.35. The molecule has 0 spiro atoms. The van der Waals surface area contributed by atoms with Crippen LogP contribution in [-0.2, 0) is 57.5 Å². The van der Waals surface area contributed by atoms with E-state index in [0.717, 1.165) is 25.6 Å². The van der Waals surface area contributed by atoms with Gasteiger partial charge in [-0.15, -0.1) is 0 Å². The molecule has 3 aliphatic rings. The van der Waals surface area contributed by atoms with Gasteiger partial charge >= 0.3 is 19.6 Å². The van der Waals surface area contributed by atoms with Gasteiger partial charge in [-0.2, -0.15) is 0 Å². The fraction of sp³-hybridized carbons (Fsp3) is 0.552. The molecule has 87 heavy (non-hydrogen) atoms. The first-order valence-corrected chi connectivity index (χ1v) is 28.1. The molecule has 3 fully saturated rings. The summed E-state index contributed by atoms with van der Waals surface area (Å²) in [5.74, 6) is -12.9. The molecule has 0 unspecified atom stereocenters. The highest BCUT2D eigenvalue weighted by atomic mass is 19.2. The molecule has 7 amide bonds. The van der Waals surface area contributed by atoms with E-state index in [2.05, 4.69) is 31.9 Å². The third-order valence-electron chi connectivity index (χ3n) is 13.0. The molecule has 20 nitrogen and oxygen atoms in total. The number of nitrogens with zero attached hydrogens (tertiary/aromatic N) is 2. The monoisotopic (exact) mass is 1250 g/mol. The Morgan fingerprint density at radius 2 is 0.897 bits per heavy atom. The quantitative estimate of drug-likeness (QED) is 0.0539. The van der Waals surface area contributed by atoms with Crippen molar-refractivity contribution in [2.24, 2.45) is 5.73 Å². The zero-order valence-corrected chi connectivity index (χ0v) is 49.9. The van der Waals surface area contributed by atoms with E-state index >= 15 is 0 Å². The van der Waals surface area contributed by atoms with E-state index < -0.39 is 124 Å². The minimum absolute atomic E-state index is 0. The molecular formula is C58H79F9N9O11+. The second-order valence-electron chi connectivity index (χ2n) is 22.4. The van der Waals surface area contributed by atoms with Gasteiger partial charge in [0.1, 0.15) is 40.7 Å². The first kappa shape index (κ1) is 73.6. The number of halogens is 9. The molecule has 0 aromatic heterocycles. The number of hydrogen-bond acceptors (Lipinski definition) is 12. The van der Waals surface area contributed by atoms with E-state index in [1.165, 1.54) is 9.80 Å². The van der Waals surface area contributed by atoms with Gasteiger partial charge in [-0.3, -0.25) is 28.8 Å². The number of carboxylic acid groups (broad SMARTS) is 1. The van der Waals surface area contributed by atoms with Gasteiger partial charge in [0.15, 0.2) is 34.9 Å². The van der Waals surface area contributed by atoms with Crippen LogP contribution < -0.4 is 37.6 Å². The average Bonchev–Trinajstić information content (AvgIpc) is 1.36. The molecule has 0 aliphatic carbocycles. The predicted molar refractivity (Wildman–Crippen MR) is 300 cm³/mol. The summed E-state index contributed by atoms with van der Waals surface area (Å²) in [6.07, 6.45) is -1.58. The van der Waals surface area contributed by atoms with Crippen molar-refractivity contribution >= 4 is 47.7 Å². The van der Waals surface area contributed by atoms with Gasteiger partial charge in [0.25, 0.3) is 0 Å². The lowest BCUT2D eigenvalue weighted by atomic mass is 10.0. The molecule has 484 valence electrons. The van der Waals surface area contributed by atoms with Crippen LogP contribution in [0.3, 0.4) is 0 Å². The van der Waals surface area contributed by atoms with Gasteiger partial charge < -0.3 is 62.0 Å². The number of nitrogens with two attached hydrogens (primary N) is 1. The van der Waals surface area contributed by atoms with Crippen LogP contribution in [-0.4, -0.2) is 149 Å². The number of alkyl carbamates (subject to hydrolysis) is 2. The topological polar surface area (TPSA) is 280 Å². The van der Waals surface area contributed by atoms with Crippen molar-refractivity contribution in [3.63, 3.8) is 0 Å². The maximum atomic E-state index is 14.2. The molecule has 3 aromatic carbocycles. The van der Waals surface area contributed by atoms with Gasteiger partial charge in [-0.25, -0.2) is 49.1 Å². The summed E-state index contributed by atoms with van der Waals surface area (Å²) in [7, 11) is 0. The zero-order valence-electron chi connectivity index (χ0n) is 50.9. The van der Waals surface area contributed by atoms with Crippen LogP contribution >= 0.6 is 0 Å². The molecule has 0 saturated carbocycles. The molecular weight excluding hydrogens is 1170 g/mol. The first-order chi connectivity index (χ1) is 40.6. The van der Waals surface area contributed by atoms with Gasteiger partial charge in [0.05, 0.1) is 12.5 Å². The molecule has 6 rings (SSSR count). The van der Waals surface area contributed by atoms with Crippen molar-refractivity contribution in [1.29, 1.82) is 0 Å². The number of ether oxygens (including phenoxy) is 2. The SMILES string of the molecule is CC(C)(C)OC(=O)N[C@@H](CC(=O)O)Cc1cc(F)c(F)cc1F.CC[C@@H]1C(=O)NCCN1C(=O)C[C@@H](Cc1cc(F)c(F)cc1F)NC(=O)OC(C)(C)C.CC[C@@H]1C(=O)NCCN1C(=O)C[C@H](N)Cc1cc(F)c(F)cc1F.CC[C@H]1NCCNC1=O.[H+]. The van der Waals surface area contributed by atoms with E-state index in [4.69, 9.17) is 20.3 Å². The highest BCUT2D eigenvalue weighted by molar-refractivity contribution is 5.90. The third kappa shape index (κ3) is 24.9. The third-order valence-corrected chi connectivity index (χ3v) is 13.0. The standard InChI is InChI=1S/C21H28F3N3O4.C16H20F3N3O2.C15H18F3NO4.C6H12N2O/c1-5-17-19(29)25-6-7-27(17)18(28)10-13(26-20(30)31-21(2,3)4)8-12-9-15(23)16(24)11-14(12)22;1-2-14-16(24)21-3-4-22(14)15(23)7-10(20)5-9-6-12(18)13(19)8-11(9)17;1-15(2,3)23-14(22)19-9(6-13(20)21)4-8-5-11(17)12(18)7-10(8)16;1-2-5-6(9)8-4-3-7-5/h9,11,13,17H,5-8,10H2,1-4H3,(H,25,29)(H,26,30);6,8,10,14H,2-5,7,20H2,1H3,(H,21,24);5,7,9H,4,6H2,1-3H3,(H,19,22)(H,20,21);5,7H,2-4H2,1H3,(H,8,9)/p+1/t13-,17-;10-,14-;9-;5-/m1111/s1. The zero-order chi connectivity index (χ0) is 65.7. The van der Waals surface area contributed by atoms with Crippen LogP contribution in [0.25, 0.3) is 0 Å². The number of carboxylic acids is 1. The Balaban J connectivity index is 0.000000421. The van der Waals surface area contributed by atoms with Crippen LogP contribution in [0, 0.1) is 52.4 Å². The summed E-state index contributed by atoms with van der Waals surface area (Å²) in [6.45, 7) is 18.4. The van der Waals surface area contributed by atoms with E-state index in [-0.39, 0.29) is 79.9 Å². The van der Waals surface area contributed by atoms with Gasteiger partial charge in [-0.05, 0) is 115 Å². The summed E-state index contributed by atoms with van der Waals surface area (Å²) < 4.78 is 131. The van der Waals surface area contributed by atoms with Crippen LogP contribution in [0.4, 0.5) is 49.1 Å². The lowest BCUT2D eigenvalue weighted by Crippen LogP contribution is -2.57. The Morgan fingerprint density at radius 3 is 1.24 bits per heavy atom. The van der Waals surface area contributed by atoms with Crippen molar-refractivity contribution in [2.45, 2.75) is 168 Å². The lowest BCUT2D eigenvalue weighted by Gasteiger charge is -2.35. The summed E-state index contributed by atoms with van der Waals surface area (Å²) in [6, 6.07) is -0.585. The normalized spacial score (nSPS) is 17.8. The van der Waals surface area contributed by atoms with Crippen molar-refractivity contribution in [3.05, 3.63) is 105 Å². The number of nitrogens with one attached hydrogen (secondary N) is 6. The molecule has 3 aliphatic heterocycles. The van der Waals surface area contributed by atoms with Gasteiger partial charge in [-0.1, -0.05) is 20.8 Å². The van der Waals surface area contributed by atoms with Crippen molar-refractivity contribution < 1.29 is 93.9 Å². The Bertz CT molecular complexity index is 2900. The molecule has 29 heteroatoms. The maximum Gasteiger partial charge on any atom is 1.00 e. The molecule has 6 atom stereocenters. The van der Waals surface area contributed by atoms with Crippen LogP contribution in [0.5, 0.6) is 0 Å². The minimum Gasteiger partial charge on any atom is -0.481 e. The molecule has 3 heterocycles. The first-order valence-electron chi connectivity index (χ1n) is 28.1. The Labute approximate surface area is 500 Å². The van der Waals surface area contributed by atoms with Crippen molar-refractivity contribution in [2.75, 3.05) is 39.3 Å². The van der Waals surface area contributed by atoms with Gasteiger partial charge in [0, 0.05) is 88.4 Å². The summed E-state index contributed by atoms with van der Waals surface area (Å²) in [5.41, 5.74) is 3.72. The molecule has 0 radical (unpaired) electrons. The second-order valence-corrected chi connectivity index (χ2v) is 22.4. The highest BCUT2D eigenvalue weighted by Crippen LogP contribution is 2.22. The second kappa shape index (κ2) is 34.0. The lowest BCUT2D eigenvalue weighted by molar-refractivity contribution is -0.143. The maximum absolute atomic E-state index is 14.2. The van der Waals surface area contributed by atoms with Crippen LogP contribution in [0.2, 0.25) is 0 Å². The number of hydrogen-bond donors (Lipinski definition) is 8. The van der Waals surface area contributed by atoms with Crippen molar-refractivity contribution in [3.8, 4) is 0 Å². The molecule has 3 saturated heterocycles. The molecule has 3 aromatic rings. The van der Waals surface area contributed by atoms with E-state index in [9.17, 15) is 77.9 Å². The Kier molecular flexibility index (Phi) is 28.8. The number of benzene rings is 3. The number of piperazine rings is 3. The summed E-state index contributed by atoms with van der Waals surface area (Å²) in [4.78, 5) is 97.6. The largest absolute Gasteiger partial charge is 1.00 e. The van der Waals surface area contributed by atoms with E-state index in [0.29, 0.717) is 69.4 Å². The highest BCUT2D eigenvalue weighted by Gasteiger charge is 2.35. The number of rotatable bonds is 17. The van der Waals surface area contributed by atoms with Crippen LogP contribution in [0.15, 0.2) is 36.4 Å². The Morgan fingerprint density at radius 1 is 0.540 bits per heavy atom. The Hall–Kier alpha value is -7.69. The number of amides is 7. The summed E-state index contributed by atoms with van der Waals surface area (Å²) >= 11 is 0.